The van der Waals surface area contributed by atoms with E-state index in [2.05, 4.69) is 37.3 Å². The highest BCUT2D eigenvalue weighted by molar-refractivity contribution is 6.30. The Kier molecular flexibility index (Phi) is 4.27. The van der Waals surface area contributed by atoms with Crippen LogP contribution in [0.3, 0.4) is 0 Å². The van der Waals surface area contributed by atoms with E-state index in [1.807, 2.05) is 29.9 Å². The highest BCUT2D eigenvalue weighted by Gasteiger charge is 2.16. The molecule has 0 radical (unpaired) electrons. The van der Waals surface area contributed by atoms with Gasteiger partial charge in [-0.3, -0.25) is 4.68 Å². The first-order valence-corrected chi connectivity index (χ1v) is 6.86. The average molecular weight is 278 g/mol. The van der Waals surface area contributed by atoms with Crippen LogP contribution in [0.15, 0.2) is 24.3 Å². The number of aryl methyl sites for hydroxylation is 1. The SMILES string of the molecule is CNC(C)c1c(C)nn(Cc2cccc(Cl)c2)c1C. The lowest BCUT2D eigenvalue weighted by molar-refractivity contribution is 0.632. The van der Waals surface area contributed by atoms with Gasteiger partial charge < -0.3 is 5.32 Å². The summed E-state index contributed by atoms with van der Waals surface area (Å²) in [5.41, 5.74) is 4.74. The van der Waals surface area contributed by atoms with Gasteiger partial charge in [-0.1, -0.05) is 23.7 Å². The molecular weight excluding hydrogens is 258 g/mol. The van der Waals surface area contributed by atoms with Crippen molar-refractivity contribution in [2.45, 2.75) is 33.4 Å². The maximum Gasteiger partial charge on any atom is 0.0663 e. The molecule has 19 heavy (non-hydrogen) atoms. The largest absolute Gasteiger partial charge is 0.313 e. The lowest BCUT2D eigenvalue weighted by atomic mass is 10.1. The van der Waals surface area contributed by atoms with Gasteiger partial charge in [0, 0.05) is 22.3 Å². The maximum atomic E-state index is 6.02. The molecule has 1 aromatic carbocycles. The first-order chi connectivity index (χ1) is 9.02. The minimum Gasteiger partial charge on any atom is -0.313 e. The van der Waals surface area contributed by atoms with E-state index in [9.17, 15) is 0 Å². The van der Waals surface area contributed by atoms with Crippen molar-refractivity contribution in [3.63, 3.8) is 0 Å². The van der Waals surface area contributed by atoms with Crippen molar-refractivity contribution in [2.24, 2.45) is 0 Å². The Bertz CT molecular complexity index is 575. The van der Waals surface area contributed by atoms with Gasteiger partial charge in [-0.25, -0.2) is 0 Å². The second-order valence-corrected chi connectivity index (χ2v) is 5.32. The van der Waals surface area contributed by atoms with E-state index >= 15 is 0 Å². The summed E-state index contributed by atoms with van der Waals surface area (Å²) in [7, 11) is 1.97. The third-order valence-corrected chi connectivity index (χ3v) is 3.76. The Hall–Kier alpha value is -1.32. The Morgan fingerprint density at radius 2 is 2.11 bits per heavy atom. The van der Waals surface area contributed by atoms with Crippen LogP contribution >= 0.6 is 11.6 Å². The summed E-state index contributed by atoms with van der Waals surface area (Å²) in [5.74, 6) is 0. The van der Waals surface area contributed by atoms with Crippen LogP contribution in [0.25, 0.3) is 0 Å². The fourth-order valence-corrected chi connectivity index (χ4v) is 2.66. The molecule has 0 bridgehead atoms. The second-order valence-electron chi connectivity index (χ2n) is 4.88. The lowest BCUT2D eigenvalue weighted by Crippen LogP contribution is -2.14. The average Bonchev–Trinajstić information content (AvgIpc) is 2.64. The number of hydrogen-bond donors (Lipinski definition) is 1. The molecule has 0 aliphatic rings. The third-order valence-electron chi connectivity index (χ3n) is 3.52. The van der Waals surface area contributed by atoms with Crippen molar-refractivity contribution in [3.8, 4) is 0 Å². The van der Waals surface area contributed by atoms with Crippen LogP contribution < -0.4 is 5.32 Å². The molecule has 2 rings (SSSR count). The van der Waals surface area contributed by atoms with Crippen LogP contribution in [0.5, 0.6) is 0 Å². The molecule has 1 N–H and O–H groups in total. The smallest absolute Gasteiger partial charge is 0.0663 e. The van der Waals surface area contributed by atoms with Gasteiger partial charge in [0.05, 0.1) is 12.2 Å². The van der Waals surface area contributed by atoms with Gasteiger partial charge >= 0.3 is 0 Å². The monoisotopic (exact) mass is 277 g/mol. The van der Waals surface area contributed by atoms with E-state index in [1.54, 1.807) is 0 Å². The number of aromatic nitrogens is 2. The Morgan fingerprint density at radius 3 is 2.74 bits per heavy atom. The Balaban J connectivity index is 2.32. The summed E-state index contributed by atoms with van der Waals surface area (Å²) >= 11 is 6.02. The topological polar surface area (TPSA) is 29.9 Å². The fraction of sp³-hybridized carbons (Fsp3) is 0.400. The summed E-state index contributed by atoms with van der Waals surface area (Å²) in [4.78, 5) is 0. The first-order valence-electron chi connectivity index (χ1n) is 6.48. The number of halogens is 1. The molecule has 0 saturated carbocycles. The number of nitrogens with zero attached hydrogens (tertiary/aromatic N) is 2. The van der Waals surface area contributed by atoms with Crippen LogP contribution in [0.2, 0.25) is 5.02 Å². The van der Waals surface area contributed by atoms with Crippen molar-refractivity contribution >= 4 is 11.6 Å². The van der Waals surface area contributed by atoms with Crippen LogP contribution in [-0.2, 0) is 6.54 Å². The number of benzene rings is 1. The van der Waals surface area contributed by atoms with E-state index in [-0.39, 0.29) is 0 Å². The zero-order valence-corrected chi connectivity index (χ0v) is 12.6. The van der Waals surface area contributed by atoms with E-state index in [0.717, 1.165) is 17.3 Å². The molecule has 0 saturated heterocycles. The Labute approximate surface area is 119 Å². The molecule has 2 aromatic rings. The summed E-state index contributed by atoms with van der Waals surface area (Å²) < 4.78 is 2.05. The normalized spacial score (nSPS) is 12.7. The molecule has 1 heterocycles. The van der Waals surface area contributed by atoms with Crippen LogP contribution in [0.1, 0.15) is 35.5 Å². The molecule has 4 heteroatoms. The first kappa shape index (κ1) is 14.1. The molecular formula is C15H20ClN3. The summed E-state index contributed by atoms with van der Waals surface area (Å²) in [6, 6.07) is 8.23. The number of nitrogens with one attached hydrogen (secondary N) is 1. The van der Waals surface area contributed by atoms with Crippen molar-refractivity contribution in [3.05, 3.63) is 51.8 Å². The van der Waals surface area contributed by atoms with Crippen molar-refractivity contribution in [2.75, 3.05) is 7.05 Å². The van der Waals surface area contributed by atoms with Crippen molar-refractivity contribution < 1.29 is 0 Å². The molecule has 102 valence electrons. The molecule has 3 nitrogen and oxygen atoms in total. The third kappa shape index (κ3) is 2.99. The van der Waals surface area contributed by atoms with Crippen LogP contribution in [0.4, 0.5) is 0 Å². The molecule has 0 spiro atoms. The predicted octanol–water partition coefficient (Wildman–Crippen LogP) is 3.48. The van der Waals surface area contributed by atoms with E-state index in [0.29, 0.717) is 6.04 Å². The molecule has 0 aliphatic heterocycles. The molecule has 1 atom stereocenters. The fourth-order valence-electron chi connectivity index (χ4n) is 2.44. The van der Waals surface area contributed by atoms with E-state index < -0.39 is 0 Å². The van der Waals surface area contributed by atoms with E-state index in [4.69, 9.17) is 11.6 Å². The standard InChI is InChI=1S/C15H20ClN3/c1-10(17-4)15-11(2)18-19(12(15)3)9-13-6-5-7-14(16)8-13/h5-8,10,17H,9H2,1-4H3. The minimum atomic E-state index is 0.313. The van der Waals surface area contributed by atoms with Crippen molar-refractivity contribution in [1.82, 2.24) is 15.1 Å². The van der Waals surface area contributed by atoms with E-state index in [1.165, 1.54) is 16.8 Å². The maximum absolute atomic E-state index is 6.02. The molecule has 1 unspecified atom stereocenters. The number of hydrogen-bond acceptors (Lipinski definition) is 2. The van der Waals surface area contributed by atoms with Crippen LogP contribution in [0, 0.1) is 13.8 Å². The second kappa shape index (κ2) is 5.76. The zero-order chi connectivity index (χ0) is 14.0. The molecule has 0 aliphatic carbocycles. The van der Waals surface area contributed by atoms with Crippen molar-refractivity contribution in [1.29, 1.82) is 0 Å². The Morgan fingerprint density at radius 1 is 1.37 bits per heavy atom. The quantitative estimate of drug-likeness (QED) is 0.927. The minimum absolute atomic E-state index is 0.313. The zero-order valence-electron chi connectivity index (χ0n) is 11.9. The summed E-state index contributed by atoms with van der Waals surface area (Å²) in [5, 5.41) is 8.68. The molecule has 1 aromatic heterocycles. The number of rotatable bonds is 4. The summed E-state index contributed by atoms with van der Waals surface area (Å²) in [6.07, 6.45) is 0. The highest BCUT2D eigenvalue weighted by atomic mass is 35.5. The summed E-state index contributed by atoms with van der Waals surface area (Å²) in [6.45, 7) is 7.09. The van der Waals surface area contributed by atoms with Crippen LogP contribution in [-0.4, -0.2) is 16.8 Å². The van der Waals surface area contributed by atoms with Gasteiger partial charge in [-0.2, -0.15) is 5.10 Å². The van der Waals surface area contributed by atoms with Gasteiger partial charge in [0.2, 0.25) is 0 Å². The van der Waals surface area contributed by atoms with Gasteiger partial charge in [0.1, 0.15) is 0 Å². The van der Waals surface area contributed by atoms with Gasteiger partial charge in [-0.05, 0) is 45.5 Å². The van der Waals surface area contributed by atoms with Gasteiger partial charge in [0.25, 0.3) is 0 Å². The molecule has 0 fully saturated rings. The molecule has 0 amide bonds. The predicted molar refractivity (Wildman–Crippen MR) is 79.7 cm³/mol. The van der Waals surface area contributed by atoms with Gasteiger partial charge in [-0.15, -0.1) is 0 Å². The highest BCUT2D eigenvalue weighted by Crippen LogP contribution is 2.22. The van der Waals surface area contributed by atoms with Gasteiger partial charge in [0.15, 0.2) is 0 Å². The lowest BCUT2D eigenvalue weighted by Gasteiger charge is -2.11.